The molecule has 0 saturated carbocycles. The van der Waals surface area contributed by atoms with Gasteiger partial charge in [-0.3, -0.25) is 19.3 Å². The van der Waals surface area contributed by atoms with Crippen molar-refractivity contribution in [3.63, 3.8) is 0 Å². The minimum absolute atomic E-state index is 0.102. The molecule has 162 valence electrons. The average Bonchev–Trinajstić information content (AvgIpc) is 3.33. The summed E-state index contributed by atoms with van der Waals surface area (Å²) >= 11 is 0. The van der Waals surface area contributed by atoms with E-state index in [1.807, 2.05) is 43.3 Å². The fraction of sp³-hybridized carbons (Fsp3) is 0.435. The number of hydrogen-bond acceptors (Lipinski definition) is 6. The van der Waals surface area contributed by atoms with Gasteiger partial charge in [0.2, 0.25) is 29.4 Å². The molecule has 1 aliphatic heterocycles. The zero-order chi connectivity index (χ0) is 22.0. The molecule has 0 spiro atoms. The third kappa shape index (κ3) is 4.42. The van der Waals surface area contributed by atoms with E-state index in [1.165, 1.54) is 9.80 Å². The lowest BCUT2D eigenvalue weighted by molar-refractivity contribution is -0.140. The molecule has 2 aliphatic rings. The first-order valence-electron chi connectivity index (χ1n) is 10.6. The van der Waals surface area contributed by atoms with Gasteiger partial charge in [-0.05, 0) is 26.2 Å². The number of nitrogens with zero attached hydrogens (tertiary/aromatic N) is 4. The van der Waals surface area contributed by atoms with Crippen LogP contribution in [0.15, 0.2) is 40.9 Å². The molecular weight excluding hydrogens is 396 g/mol. The second kappa shape index (κ2) is 8.83. The van der Waals surface area contributed by atoms with Crippen LogP contribution in [-0.4, -0.2) is 51.3 Å². The fourth-order valence-corrected chi connectivity index (χ4v) is 4.10. The van der Waals surface area contributed by atoms with Crippen LogP contribution in [0.2, 0.25) is 0 Å². The molecule has 0 bridgehead atoms. The second-order valence-electron chi connectivity index (χ2n) is 8.22. The minimum Gasteiger partial charge on any atom is -0.337 e. The van der Waals surface area contributed by atoms with E-state index in [9.17, 15) is 14.4 Å². The van der Waals surface area contributed by atoms with Crippen molar-refractivity contribution in [2.24, 2.45) is 11.8 Å². The summed E-state index contributed by atoms with van der Waals surface area (Å²) in [5, 5.41) is 3.98. The second-order valence-corrected chi connectivity index (χ2v) is 8.22. The van der Waals surface area contributed by atoms with Crippen LogP contribution in [0.25, 0.3) is 11.4 Å². The molecule has 1 aromatic carbocycles. The van der Waals surface area contributed by atoms with Gasteiger partial charge in [0.1, 0.15) is 0 Å². The Labute approximate surface area is 180 Å². The summed E-state index contributed by atoms with van der Waals surface area (Å²) in [6.07, 6.45) is 5.86. The smallest absolute Gasteiger partial charge is 0.246 e. The third-order valence-electron chi connectivity index (χ3n) is 5.95. The molecule has 4 rings (SSSR count). The number of aryl methyl sites for hydroxylation is 1. The van der Waals surface area contributed by atoms with Crippen molar-refractivity contribution in [2.45, 2.75) is 39.2 Å². The first kappa shape index (κ1) is 21.0. The van der Waals surface area contributed by atoms with Crippen LogP contribution in [0.1, 0.15) is 37.1 Å². The maximum Gasteiger partial charge on any atom is 0.246 e. The number of carbonyl (C=O) groups excluding carboxylic acids is 3. The number of likely N-dealkylation sites (tertiary alicyclic amines) is 1. The number of rotatable bonds is 7. The maximum atomic E-state index is 12.5. The standard InChI is InChI=1S/C23H26N4O4/c1-15-9-11-16(12-10-15)21-24-19(31-25-21)14-26(2)20(28)8-5-13-27-22(29)17-6-3-4-7-18(17)23(27)30/h3-4,9-12,17-18H,5-8,13-14H2,1-2H3/t17-,18-/m0/s1. The molecule has 8 heteroatoms. The Kier molecular flexibility index (Phi) is 5.97. The molecule has 0 radical (unpaired) electrons. The largest absolute Gasteiger partial charge is 0.337 e. The van der Waals surface area contributed by atoms with E-state index in [2.05, 4.69) is 10.1 Å². The van der Waals surface area contributed by atoms with E-state index >= 15 is 0 Å². The summed E-state index contributed by atoms with van der Waals surface area (Å²) in [7, 11) is 1.67. The Balaban J connectivity index is 1.26. The van der Waals surface area contributed by atoms with Crippen LogP contribution in [-0.2, 0) is 20.9 Å². The molecule has 1 fully saturated rings. The summed E-state index contributed by atoms with van der Waals surface area (Å²) in [6, 6.07) is 7.79. The van der Waals surface area contributed by atoms with Crippen LogP contribution >= 0.6 is 0 Å². The van der Waals surface area contributed by atoms with Crippen molar-refractivity contribution in [1.29, 1.82) is 0 Å². The Morgan fingerprint density at radius 2 is 1.77 bits per heavy atom. The van der Waals surface area contributed by atoms with Gasteiger partial charge in [-0.1, -0.05) is 47.1 Å². The normalized spacial score (nSPS) is 20.3. The summed E-state index contributed by atoms with van der Waals surface area (Å²) in [6.45, 7) is 2.49. The SMILES string of the molecule is Cc1ccc(-c2noc(CN(C)C(=O)CCCN3C(=O)[C@H]4CC=CC[C@@H]4C3=O)n2)cc1. The summed E-state index contributed by atoms with van der Waals surface area (Å²) in [4.78, 5) is 44.7. The van der Waals surface area contributed by atoms with Crippen LogP contribution in [0, 0.1) is 18.8 Å². The Morgan fingerprint density at radius 1 is 1.13 bits per heavy atom. The van der Waals surface area contributed by atoms with E-state index in [0.29, 0.717) is 31.0 Å². The van der Waals surface area contributed by atoms with Gasteiger partial charge >= 0.3 is 0 Å². The number of amides is 3. The maximum absolute atomic E-state index is 12.5. The Morgan fingerprint density at radius 3 is 2.42 bits per heavy atom. The van der Waals surface area contributed by atoms with Crippen LogP contribution in [0.3, 0.4) is 0 Å². The first-order valence-corrected chi connectivity index (χ1v) is 10.6. The van der Waals surface area contributed by atoms with Crippen LogP contribution in [0.5, 0.6) is 0 Å². The van der Waals surface area contributed by atoms with Crippen molar-refractivity contribution in [3.8, 4) is 11.4 Å². The van der Waals surface area contributed by atoms with Crippen molar-refractivity contribution in [2.75, 3.05) is 13.6 Å². The molecule has 0 unspecified atom stereocenters. The molecule has 3 amide bonds. The predicted octanol–water partition coefficient (Wildman–Crippen LogP) is 2.73. The quantitative estimate of drug-likeness (QED) is 0.503. The molecule has 2 aromatic rings. The number of hydrogen-bond donors (Lipinski definition) is 0. The molecule has 2 heterocycles. The van der Waals surface area contributed by atoms with Gasteiger partial charge < -0.3 is 9.42 Å². The molecule has 1 saturated heterocycles. The van der Waals surface area contributed by atoms with E-state index in [0.717, 1.165) is 11.1 Å². The molecular formula is C23H26N4O4. The Bertz CT molecular complexity index is 985. The number of carbonyl (C=O) groups is 3. The topological polar surface area (TPSA) is 96.6 Å². The first-order chi connectivity index (χ1) is 14.9. The number of imide groups is 1. The molecule has 1 aromatic heterocycles. The van der Waals surface area contributed by atoms with Gasteiger partial charge in [0.05, 0.1) is 18.4 Å². The van der Waals surface area contributed by atoms with Gasteiger partial charge in [0, 0.05) is 25.6 Å². The van der Waals surface area contributed by atoms with Crippen molar-refractivity contribution in [1.82, 2.24) is 19.9 Å². The number of benzene rings is 1. The monoisotopic (exact) mass is 422 g/mol. The fourth-order valence-electron chi connectivity index (χ4n) is 4.10. The van der Waals surface area contributed by atoms with E-state index < -0.39 is 0 Å². The van der Waals surface area contributed by atoms with E-state index in [1.54, 1.807) is 7.05 Å². The highest BCUT2D eigenvalue weighted by molar-refractivity contribution is 6.05. The number of aromatic nitrogens is 2. The lowest BCUT2D eigenvalue weighted by atomic mass is 9.85. The number of fused-ring (bicyclic) bond motifs is 1. The molecule has 2 atom stereocenters. The van der Waals surface area contributed by atoms with E-state index in [4.69, 9.17) is 4.52 Å². The van der Waals surface area contributed by atoms with Crippen LogP contribution in [0.4, 0.5) is 0 Å². The highest BCUT2D eigenvalue weighted by Crippen LogP contribution is 2.35. The van der Waals surface area contributed by atoms with E-state index in [-0.39, 0.29) is 49.1 Å². The summed E-state index contributed by atoms with van der Waals surface area (Å²) in [5.74, 6) is 0.0792. The average molecular weight is 422 g/mol. The molecule has 1 aliphatic carbocycles. The lowest BCUT2D eigenvalue weighted by Gasteiger charge is -2.17. The van der Waals surface area contributed by atoms with Crippen molar-refractivity contribution >= 4 is 17.7 Å². The molecule has 31 heavy (non-hydrogen) atoms. The van der Waals surface area contributed by atoms with Gasteiger partial charge in [-0.2, -0.15) is 4.98 Å². The molecule has 0 N–H and O–H groups in total. The van der Waals surface area contributed by atoms with Crippen molar-refractivity contribution in [3.05, 3.63) is 47.9 Å². The van der Waals surface area contributed by atoms with Crippen molar-refractivity contribution < 1.29 is 18.9 Å². The summed E-state index contributed by atoms with van der Waals surface area (Å²) < 4.78 is 5.28. The number of allylic oxidation sites excluding steroid dienone is 2. The third-order valence-corrected chi connectivity index (χ3v) is 5.95. The zero-order valence-corrected chi connectivity index (χ0v) is 17.8. The summed E-state index contributed by atoms with van der Waals surface area (Å²) in [5.41, 5.74) is 2.00. The Hall–Kier alpha value is -3.29. The molecule has 8 nitrogen and oxygen atoms in total. The van der Waals surface area contributed by atoms with Crippen LogP contribution < -0.4 is 0 Å². The highest BCUT2D eigenvalue weighted by atomic mass is 16.5. The van der Waals surface area contributed by atoms with Gasteiger partial charge in [0.15, 0.2) is 0 Å². The van der Waals surface area contributed by atoms with Gasteiger partial charge in [-0.25, -0.2) is 0 Å². The predicted molar refractivity (Wildman–Crippen MR) is 112 cm³/mol. The lowest BCUT2D eigenvalue weighted by Crippen LogP contribution is -2.33. The van der Waals surface area contributed by atoms with Gasteiger partial charge in [-0.15, -0.1) is 0 Å². The zero-order valence-electron chi connectivity index (χ0n) is 17.8. The minimum atomic E-state index is -0.226. The van der Waals surface area contributed by atoms with Gasteiger partial charge in [0.25, 0.3) is 0 Å². The highest BCUT2D eigenvalue weighted by Gasteiger charge is 2.46.